The highest BCUT2D eigenvalue weighted by molar-refractivity contribution is 7.10. The van der Waals surface area contributed by atoms with E-state index in [1.54, 1.807) is 17.5 Å². The second-order valence-electron chi connectivity index (χ2n) is 4.32. The fourth-order valence-corrected chi connectivity index (χ4v) is 2.91. The Bertz CT molecular complexity index is 539. The molecule has 0 radical (unpaired) electrons. The smallest absolute Gasteiger partial charge is 0.234 e. The zero-order chi connectivity index (χ0) is 13.7. The maximum absolute atomic E-state index is 11.6. The van der Waals surface area contributed by atoms with Gasteiger partial charge in [0, 0.05) is 23.2 Å². The van der Waals surface area contributed by atoms with Crippen molar-refractivity contribution in [1.29, 1.82) is 0 Å². The van der Waals surface area contributed by atoms with Crippen LogP contribution in [0, 0.1) is 6.92 Å². The lowest BCUT2D eigenvalue weighted by atomic mass is 10.1. The minimum Gasteiger partial charge on any atom is -0.347 e. The van der Waals surface area contributed by atoms with Crippen LogP contribution in [0.15, 0.2) is 35.8 Å². The first kappa shape index (κ1) is 13.7. The number of hydrogen-bond donors (Lipinski definition) is 2. The first-order valence-corrected chi connectivity index (χ1v) is 7.02. The Morgan fingerprint density at radius 1 is 1.47 bits per heavy atom. The lowest BCUT2D eigenvalue weighted by Crippen LogP contribution is -2.34. The summed E-state index contributed by atoms with van der Waals surface area (Å²) in [5.41, 5.74) is 7.52. The van der Waals surface area contributed by atoms with E-state index in [1.165, 1.54) is 5.56 Å². The highest BCUT2D eigenvalue weighted by Crippen LogP contribution is 2.26. The second kappa shape index (κ2) is 6.45. The molecule has 0 aromatic carbocycles. The molecule has 0 aliphatic rings. The number of carbonyl (C=O) groups excluding carboxylic acids is 1. The fraction of sp³-hybridized carbons (Fsp3) is 0.286. The lowest BCUT2D eigenvalue weighted by Gasteiger charge is -2.18. The van der Waals surface area contributed by atoms with Crippen molar-refractivity contribution in [2.45, 2.75) is 19.4 Å². The summed E-state index contributed by atoms with van der Waals surface area (Å²) < 4.78 is 0. The monoisotopic (exact) mass is 275 g/mol. The topological polar surface area (TPSA) is 68.0 Å². The summed E-state index contributed by atoms with van der Waals surface area (Å²) in [6.45, 7) is 2.05. The molecule has 1 amide bonds. The van der Waals surface area contributed by atoms with E-state index in [0.29, 0.717) is 6.42 Å². The van der Waals surface area contributed by atoms with Gasteiger partial charge in [-0.3, -0.25) is 9.78 Å². The molecule has 2 aromatic rings. The van der Waals surface area contributed by atoms with Crippen molar-refractivity contribution < 1.29 is 4.79 Å². The van der Waals surface area contributed by atoms with Crippen LogP contribution in [-0.4, -0.2) is 17.4 Å². The third-order valence-corrected chi connectivity index (χ3v) is 4.01. The largest absolute Gasteiger partial charge is 0.347 e. The number of nitrogens with two attached hydrogens (primary N) is 1. The zero-order valence-electron chi connectivity index (χ0n) is 10.8. The van der Waals surface area contributed by atoms with Gasteiger partial charge in [-0.2, -0.15) is 0 Å². The van der Waals surface area contributed by atoms with Gasteiger partial charge in [-0.15, -0.1) is 11.3 Å². The average Bonchev–Trinajstić information content (AvgIpc) is 2.85. The van der Waals surface area contributed by atoms with Crippen LogP contribution < -0.4 is 11.1 Å². The molecule has 0 saturated carbocycles. The Morgan fingerprint density at radius 2 is 2.32 bits per heavy atom. The number of aryl methyl sites for hydroxylation is 1. The van der Waals surface area contributed by atoms with Crippen LogP contribution in [0.4, 0.5) is 0 Å². The predicted molar refractivity (Wildman–Crippen MR) is 76.9 cm³/mol. The number of pyridine rings is 1. The molecule has 0 aliphatic carbocycles. The normalized spacial score (nSPS) is 12.1. The molecule has 1 atom stereocenters. The van der Waals surface area contributed by atoms with Gasteiger partial charge in [-0.25, -0.2) is 0 Å². The minimum absolute atomic E-state index is 0.00312. The van der Waals surface area contributed by atoms with Crippen LogP contribution in [0.25, 0.3) is 0 Å². The van der Waals surface area contributed by atoms with E-state index in [9.17, 15) is 4.79 Å². The number of nitrogens with one attached hydrogen (secondary N) is 1. The van der Waals surface area contributed by atoms with Gasteiger partial charge in [-0.1, -0.05) is 6.07 Å². The summed E-state index contributed by atoms with van der Waals surface area (Å²) in [6, 6.07) is 7.79. The van der Waals surface area contributed by atoms with Crippen LogP contribution in [0.1, 0.15) is 22.2 Å². The van der Waals surface area contributed by atoms with Crippen molar-refractivity contribution in [1.82, 2.24) is 10.3 Å². The number of rotatable bonds is 5. The standard InChI is InChI=1S/C14H17N3OS/c1-10-5-7-19-14(10)12(17-13(18)9-15)8-11-4-2-3-6-16-11/h2-7,12H,8-9,15H2,1H3,(H,17,18). The summed E-state index contributed by atoms with van der Waals surface area (Å²) in [6.07, 6.45) is 2.44. The van der Waals surface area contributed by atoms with Crippen molar-refractivity contribution in [3.63, 3.8) is 0 Å². The van der Waals surface area contributed by atoms with Gasteiger partial charge < -0.3 is 11.1 Å². The number of thiophene rings is 1. The maximum Gasteiger partial charge on any atom is 0.234 e. The molecule has 100 valence electrons. The van der Waals surface area contributed by atoms with E-state index in [2.05, 4.69) is 16.4 Å². The molecule has 3 N–H and O–H groups in total. The number of carbonyl (C=O) groups is 1. The van der Waals surface area contributed by atoms with Crippen molar-refractivity contribution in [2.75, 3.05) is 6.54 Å². The van der Waals surface area contributed by atoms with Crippen LogP contribution in [0.3, 0.4) is 0 Å². The van der Waals surface area contributed by atoms with Crippen LogP contribution in [0.2, 0.25) is 0 Å². The van der Waals surface area contributed by atoms with Crippen LogP contribution >= 0.6 is 11.3 Å². The second-order valence-corrected chi connectivity index (χ2v) is 5.26. The molecule has 2 rings (SSSR count). The molecule has 1 unspecified atom stereocenters. The third-order valence-electron chi connectivity index (χ3n) is 2.88. The van der Waals surface area contributed by atoms with E-state index < -0.39 is 0 Å². The van der Waals surface area contributed by atoms with Gasteiger partial charge in [0.15, 0.2) is 0 Å². The minimum atomic E-state index is -0.145. The third kappa shape index (κ3) is 3.62. The predicted octanol–water partition coefficient (Wildman–Crippen LogP) is 1.81. The Balaban J connectivity index is 2.20. The van der Waals surface area contributed by atoms with Crippen molar-refractivity contribution >= 4 is 17.2 Å². The average molecular weight is 275 g/mol. The Kier molecular flexibility index (Phi) is 4.65. The molecule has 0 fully saturated rings. The van der Waals surface area contributed by atoms with Crippen molar-refractivity contribution in [3.8, 4) is 0 Å². The van der Waals surface area contributed by atoms with E-state index in [4.69, 9.17) is 5.73 Å². The first-order valence-electron chi connectivity index (χ1n) is 6.14. The van der Waals surface area contributed by atoms with E-state index in [1.807, 2.05) is 30.5 Å². The zero-order valence-corrected chi connectivity index (χ0v) is 11.6. The first-order chi connectivity index (χ1) is 9.20. The van der Waals surface area contributed by atoms with Gasteiger partial charge in [0.05, 0.1) is 12.6 Å². The SMILES string of the molecule is Cc1ccsc1C(Cc1ccccn1)NC(=O)CN. The lowest BCUT2D eigenvalue weighted by molar-refractivity contribution is -0.120. The van der Waals surface area contributed by atoms with Crippen LogP contribution in [0.5, 0.6) is 0 Å². The molecular formula is C14H17N3OS. The summed E-state index contributed by atoms with van der Waals surface area (Å²) >= 11 is 1.65. The quantitative estimate of drug-likeness (QED) is 0.874. The molecule has 0 spiro atoms. The molecule has 4 nitrogen and oxygen atoms in total. The Morgan fingerprint density at radius 3 is 2.89 bits per heavy atom. The molecule has 0 bridgehead atoms. The fourth-order valence-electron chi connectivity index (χ4n) is 1.93. The number of nitrogens with zero attached hydrogens (tertiary/aromatic N) is 1. The number of aromatic nitrogens is 1. The summed E-state index contributed by atoms with van der Waals surface area (Å²) in [5, 5.41) is 5.00. The van der Waals surface area contributed by atoms with Gasteiger partial charge >= 0.3 is 0 Å². The molecular weight excluding hydrogens is 258 g/mol. The van der Waals surface area contributed by atoms with Gasteiger partial charge in [-0.05, 0) is 36.1 Å². The Labute approximate surface area is 116 Å². The molecule has 0 aliphatic heterocycles. The summed E-state index contributed by atoms with van der Waals surface area (Å²) in [4.78, 5) is 17.0. The van der Waals surface area contributed by atoms with E-state index >= 15 is 0 Å². The number of amides is 1. The van der Waals surface area contributed by atoms with Gasteiger partial charge in [0.25, 0.3) is 0 Å². The Hall–Kier alpha value is -1.72. The highest BCUT2D eigenvalue weighted by atomic mass is 32.1. The molecule has 2 aromatic heterocycles. The summed E-state index contributed by atoms with van der Waals surface area (Å²) in [7, 11) is 0. The van der Waals surface area contributed by atoms with Crippen molar-refractivity contribution in [3.05, 3.63) is 52.0 Å². The molecule has 0 saturated heterocycles. The van der Waals surface area contributed by atoms with Crippen molar-refractivity contribution in [2.24, 2.45) is 5.73 Å². The van der Waals surface area contributed by atoms with Crippen LogP contribution in [-0.2, 0) is 11.2 Å². The molecule has 19 heavy (non-hydrogen) atoms. The van der Waals surface area contributed by atoms with E-state index in [0.717, 1.165) is 10.6 Å². The van der Waals surface area contributed by atoms with Gasteiger partial charge in [0.1, 0.15) is 0 Å². The highest BCUT2D eigenvalue weighted by Gasteiger charge is 2.18. The molecule has 5 heteroatoms. The molecule has 2 heterocycles. The van der Waals surface area contributed by atoms with E-state index in [-0.39, 0.29) is 18.5 Å². The number of hydrogen-bond acceptors (Lipinski definition) is 4. The van der Waals surface area contributed by atoms with Gasteiger partial charge in [0.2, 0.25) is 5.91 Å². The maximum atomic E-state index is 11.6. The summed E-state index contributed by atoms with van der Waals surface area (Å²) in [5.74, 6) is -0.145.